The molecule has 0 aliphatic carbocycles. The Hall–Kier alpha value is -2.39. The van der Waals surface area contributed by atoms with Crippen LogP contribution in [0.3, 0.4) is 0 Å². The standard InChI is InChI=1S/C24H26O2S/c1-3-9-21(18-10-6-5-7-11-18)24(4-2,22-12-8-17-27-22)20-15-13-19(14-16-20)23(25)26/h5-8,10-17,21H,3-4,9H2,1-2H3,(H,25,26). The fraction of sp³-hybridized carbons (Fsp3) is 0.292. The molecule has 2 nitrogen and oxygen atoms in total. The van der Waals surface area contributed by atoms with E-state index in [2.05, 4.69) is 61.7 Å². The molecule has 0 bridgehead atoms. The first-order valence-corrected chi connectivity index (χ1v) is 10.4. The normalized spacial score (nSPS) is 14.4. The predicted molar refractivity (Wildman–Crippen MR) is 113 cm³/mol. The van der Waals surface area contributed by atoms with Crippen LogP contribution in [-0.4, -0.2) is 11.1 Å². The number of carboxylic acid groups (broad SMARTS) is 1. The summed E-state index contributed by atoms with van der Waals surface area (Å²) in [7, 11) is 0. The van der Waals surface area contributed by atoms with Crippen molar-refractivity contribution in [3.8, 4) is 0 Å². The Balaban J connectivity index is 2.21. The summed E-state index contributed by atoms with van der Waals surface area (Å²) < 4.78 is 0. The van der Waals surface area contributed by atoms with Crippen LogP contribution in [0.25, 0.3) is 0 Å². The maximum absolute atomic E-state index is 11.3. The quantitative estimate of drug-likeness (QED) is 0.472. The van der Waals surface area contributed by atoms with Crippen molar-refractivity contribution >= 4 is 17.3 Å². The first-order chi connectivity index (χ1) is 13.1. The molecule has 0 amide bonds. The molecule has 2 aromatic carbocycles. The first-order valence-electron chi connectivity index (χ1n) is 9.56. The Morgan fingerprint density at radius 2 is 1.70 bits per heavy atom. The molecule has 1 aromatic heterocycles. The molecule has 0 saturated carbocycles. The highest BCUT2D eigenvalue weighted by molar-refractivity contribution is 7.10. The van der Waals surface area contributed by atoms with Crippen LogP contribution >= 0.6 is 11.3 Å². The van der Waals surface area contributed by atoms with Gasteiger partial charge in [0.05, 0.1) is 5.56 Å². The van der Waals surface area contributed by atoms with Gasteiger partial charge in [-0.2, -0.15) is 0 Å². The average molecular weight is 379 g/mol. The molecule has 3 aromatic rings. The van der Waals surface area contributed by atoms with Gasteiger partial charge in [0.15, 0.2) is 0 Å². The Morgan fingerprint density at radius 3 is 2.22 bits per heavy atom. The largest absolute Gasteiger partial charge is 0.478 e. The molecule has 27 heavy (non-hydrogen) atoms. The molecule has 0 fully saturated rings. The van der Waals surface area contributed by atoms with Crippen LogP contribution in [0.1, 0.15) is 65.4 Å². The minimum atomic E-state index is -0.882. The second kappa shape index (κ2) is 8.53. The van der Waals surface area contributed by atoms with Gasteiger partial charge in [0.2, 0.25) is 0 Å². The Labute approximate surface area is 165 Å². The van der Waals surface area contributed by atoms with Gasteiger partial charge in [-0.05, 0) is 53.5 Å². The maximum Gasteiger partial charge on any atom is 0.335 e. The summed E-state index contributed by atoms with van der Waals surface area (Å²) in [4.78, 5) is 12.7. The fourth-order valence-electron chi connectivity index (χ4n) is 4.25. The Kier molecular flexibility index (Phi) is 6.12. The van der Waals surface area contributed by atoms with E-state index >= 15 is 0 Å². The minimum Gasteiger partial charge on any atom is -0.478 e. The molecule has 140 valence electrons. The molecule has 1 N–H and O–H groups in total. The van der Waals surface area contributed by atoms with Gasteiger partial charge in [-0.15, -0.1) is 11.3 Å². The van der Waals surface area contributed by atoms with Gasteiger partial charge in [0, 0.05) is 10.3 Å². The number of carboxylic acids is 1. The second-order valence-electron chi connectivity index (χ2n) is 6.94. The number of hydrogen-bond acceptors (Lipinski definition) is 2. The Bertz CT molecular complexity index is 853. The summed E-state index contributed by atoms with van der Waals surface area (Å²) in [5.74, 6) is -0.545. The van der Waals surface area contributed by atoms with Crippen molar-refractivity contribution in [1.29, 1.82) is 0 Å². The summed E-state index contributed by atoms with van der Waals surface area (Å²) in [6.07, 6.45) is 3.13. The van der Waals surface area contributed by atoms with Crippen molar-refractivity contribution < 1.29 is 9.90 Å². The van der Waals surface area contributed by atoms with Crippen LogP contribution in [0.5, 0.6) is 0 Å². The van der Waals surface area contributed by atoms with Crippen LogP contribution in [0.4, 0.5) is 0 Å². The van der Waals surface area contributed by atoms with Crippen molar-refractivity contribution in [1.82, 2.24) is 0 Å². The first kappa shape index (κ1) is 19.4. The van der Waals surface area contributed by atoms with Crippen molar-refractivity contribution in [3.05, 3.63) is 93.7 Å². The molecule has 0 saturated heterocycles. The summed E-state index contributed by atoms with van der Waals surface area (Å²) in [5, 5.41) is 11.4. The third-order valence-electron chi connectivity index (χ3n) is 5.54. The molecule has 2 atom stereocenters. The van der Waals surface area contributed by atoms with E-state index < -0.39 is 5.97 Å². The molecule has 2 unspecified atom stereocenters. The average Bonchev–Trinajstić information content (AvgIpc) is 3.24. The zero-order valence-corrected chi connectivity index (χ0v) is 16.7. The summed E-state index contributed by atoms with van der Waals surface area (Å²) in [5.41, 5.74) is 2.71. The molecule has 0 spiro atoms. The summed E-state index contributed by atoms with van der Waals surface area (Å²) in [6, 6.07) is 22.6. The van der Waals surface area contributed by atoms with Crippen molar-refractivity contribution in [3.63, 3.8) is 0 Å². The fourth-order valence-corrected chi connectivity index (χ4v) is 5.33. The molecular weight excluding hydrogens is 352 g/mol. The van der Waals surface area contributed by atoms with Gasteiger partial charge in [-0.25, -0.2) is 4.79 Å². The third-order valence-corrected chi connectivity index (χ3v) is 6.59. The van der Waals surface area contributed by atoms with E-state index in [0.717, 1.165) is 19.3 Å². The predicted octanol–water partition coefficient (Wildman–Crippen LogP) is 6.73. The second-order valence-corrected chi connectivity index (χ2v) is 7.88. The van der Waals surface area contributed by atoms with Gasteiger partial charge >= 0.3 is 5.97 Å². The zero-order valence-electron chi connectivity index (χ0n) is 15.9. The van der Waals surface area contributed by atoms with Crippen LogP contribution in [-0.2, 0) is 5.41 Å². The number of hydrogen-bond donors (Lipinski definition) is 1. The lowest BCUT2D eigenvalue weighted by atomic mass is 9.63. The Morgan fingerprint density at radius 1 is 1.00 bits per heavy atom. The molecule has 0 aliphatic rings. The number of rotatable bonds is 8. The highest BCUT2D eigenvalue weighted by Gasteiger charge is 2.41. The lowest BCUT2D eigenvalue weighted by Gasteiger charge is -2.41. The smallest absolute Gasteiger partial charge is 0.335 e. The van der Waals surface area contributed by atoms with Gasteiger partial charge in [-0.1, -0.05) is 68.8 Å². The number of thiophene rings is 1. The minimum absolute atomic E-state index is 0.164. The van der Waals surface area contributed by atoms with Gasteiger partial charge in [-0.3, -0.25) is 0 Å². The lowest BCUT2D eigenvalue weighted by Crippen LogP contribution is -2.34. The summed E-state index contributed by atoms with van der Waals surface area (Å²) in [6.45, 7) is 4.48. The van der Waals surface area contributed by atoms with Crippen LogP contribution in [0.2, 0.25) is 0 Å². The third kappa shape index (κ3) is 3.70. The van der Waals surface area contributed by atoms with Crippen LogP contribution in [0.15, 0.2) is 72.1 Å². The summed E-state index contributed by atoms with van der Waals surface area (Å²) >= 11 is 1.79. The van der Waals surface area contributed by atoms with E-state index in [1.807, 2.05) is 12.1 Å². The van der Waals surface area contributed by atoms with Gasteiger partial charge in [0.1, 0.15) is 0 Å². The molecule has 3 rings (SSSR count). The highest BCUT2D eigenvalue weighted by atomic mass is 32.1. The monoisotopic (exact) mass is 378 g/mol. The number of benzene rings is 2. The van der Waals surface area contributed by atoms with E-state index in [0.29, 0.717) is 11.5 Å². The van der Waals surface area contributed by atoms with Crippen LogP contribution < -0.4 is 0 Å². The van der Waals surface area contributed by atoms with E-state index in [1.54, 1.807) is 23.5 Å². The molecule has 1 heterocycles. The van der Waals surface area contributed by atoms with Gasteiger partial charge in [0.25, 0.3) is 0 Å². The topological polar surface area (TPSA) is 37.3 Å². The highest BCUT2D eigenvalue weighted by Crippen LogP contribution is 2.50. The molecule has 0 aliphatic heterocycles. The number of carbonyl (C=O) groups is 1. The van der Waals surface area contributed by atoms with E-state index in [9.17, 15) is 9.90 Å². The van der Waals surface area contributed by atoms with Crippen molar-refractivity contribution in [2.45, 2.75) is 44.4 Å². The molecule has 0 radical (unpaired) electrons. The van der Waals surface area contributed by atoms with E-state index in [1.165, 1.54) is 16.0 Å². The SMILES string of the molecule is CCCC(c1ccccc1)C(CC)(c1ccc(C(=O)O)cc1)c1cccs1. The molecular formula is C24H26O2S. The van der Waals surface area contributed by atoms with Gasteiger partial charge < -0.3 is 5.11 Å². The number of aromatic carboxylic acids is 1. The van der Waals surface area contributed by atoms with Crippen LogP contribution in [0, 0.1) is 0 Å². The van der Waals surface area contributed by atoms with Crippen molar-refractivity contribution in [2.75, 3.05) is 0 Å². The molecule has 3 heteroatoms. The van der Waals surface area contributed by atoms with E-state index in [4.69, 9.17) is 0 Å². The van der Waals surface area contributed by atoms with Crippen molar-refractivity contribution in [2.24, 2.45) is 0 Å². The maximum atomic E-state index is 11.3. The van der Waals surface area contributed by atoms with E-state index in [-0.39, 0.29) is 5.41 Å². The lowest BCUT2D eigenvalue weighted by molar-refractivity contribution is 0.0697. The zero-order chi connectivity index (χ0) is 19.3.